The van der Waals surface area contributed by atoms with Crippen molar-refractivity contribution >= 4 is 35.0 Å². The van der Waals surface area contributed by atoms with Gasteiger partial charge in [0.1, 0.15) is 5.75 Å². The highest BCUT2D eigenvalue weighted by molar-refractivity contribution is 7.99. The average molecular weight is 417 g/mol. The molecule has 1 aromatic heterocycles. The number of benzene rings is 2. The molecule has 1 N–H and O–H groups in total. The number of halogens is 1. The second-order valence-corrected chi connectivity index (χ2v) is 7.15. The minimum Gasteiger partial charge on any atom is -0.493 e. The smallest absolute Gasteiger partial charge is 0.234 e. The molecule has 0 unspecified atom stereocenters. The molecule has 6 nitrogen and oxygen atoms in total. The molecule has 3 rings (SSSR count). The number of nitrogens with one attached hydrogen (secondary N) is 1. The maximum Gasteiger partial charge on any atom is 0.234 e. The van der Waals surface area contributed by atoms with E-state index in [-0.39, 0.29) is 11.7 Å². The normalized spacial score (nSPS) is 10.7. The lowest BCUT2D eigenvalue weighted by Gasteiger charge is -2.11. The molecule has 0 bridgehead atoms. The molecule has 28 heavy (non-hydrogen) atoms. The summed E-state index contributed by atoms with van der Waals surface area (Å²) in [6.07, 6.45) is 0. The Bertz CT molecular complexity index is 961. The van der Waals surface area contributed by atoms with Gasteiger partial charge in [-0.3, -0.25) is 4.79 Å². The molecule has 0 saturated carbocycles. The van der Waals surface area contributed by atoms with Gasteiger partial charge in [-0.1, -0.05) is 47.6 Å². The number of hydrogen-bond acceptors (Lipinski definition) is 5. The second kappa shape index (κ2) is 9.61. The van der Waals surface area contributed by atoms with Crippen molar-refractivity contribution in [2.24, 2.45) is 0 Å². The van der Waals surface area contributed by atoms with Gasteiger partial charge in [-0.15, -0.1) is 10.2 Å². The van der Waals surface area contributed by atoms with Gasteiger partial charge in [-0.05, 0) is 38.1 Å². The number of carbonyl (C=O) groups is 1. The fourth-order valence-corrected chi connectivity index (χ4v) is 3.68. The van der Waals surface area contributed by atoms with Crippen LogP contribution < -0.4 is 10.1 Å². The van der Waals surface area contributed by atoms with Gasteiger partial charge in [0.05, 0.1) is 28.6 Å². The number of nitrogens with zero attached hydrogens (tertiary/aromatic N) is 3. The number of aromatic nitrogens is 3. The van der Waals surface area contributed by atoms with E-state index in [1.165, 1.54) is 11.8 Å². The summed E-state index contributed by atoms with van der Waals surface area (Å²) < 4.78 is 7.69. The van der Waals surface area contributed by atoms with E-state index in [4.69, 9.17) is 16.3 Å². The molecule has 0 atom stereocenters. The van der Waals surface area contributed by atoms with Crippen LogP contribution in [0.1, 0.15) is 13.8 Å². The minimum atomic E-state index is -0.153. The van der Waals surface area contributed by atoms with Crippen LogP contribution in [0.3, 0.4) is 0 Å². The van der Waals surface area contributed by atoms with E-state index in [0.29, 0.717) is 29.0 Å². The molecule has 0 aliphatic heterocycles. The molecule has 146 valence electrons. The number of amides is 1. The first-order valence-electron chi connectivity index (χ1n) is 8.96. The van der Waals surface area contributed by atoms with Gasteiger partial charge < -0.3 is 14.6 Å². The number of rotatable bonds is 8. The minimum absolute atomic E-state index is 0.153. The first-order chi connectivity index (χ1) is 13.6. The van der Waals surface area contributed by atoms with E-state index in [1.807, 2.05) is 54.8 Å². The Balaban J connectivity index is 1.74. The molecule has 0 spiro atoms. The molecule has 8 heteroatoms. The maximum atomic E-state index is 12.3. The lowest BCUT2D eigenvalue weighted by Crippen LogP contribution is -2.15. The summed E-state index contributed by atoms with van der Waals surface area (Å²) in [5, 5.41) is 12.6. The van der Waals surface area contributed by atoms with Crippen LogP contribution in [0.5, 0.6) is 5.75 Å². The molecular formula is C20H21ClN4O2S. The summed E-state index contributed by atoms with van der Waals surface area (Å²) in [5.41, 5.74) is 1.48. The third-order valence-corrected chi connectivity index (χ3v) is 5.24. The fraction of sp³-hybridized carbons (Fsp3) is 0.250. The highest BCUT2D eigenvalue weighted by Gasteiger charge is 2.17. The maximum absolute atomic E-state index is 12.3. The Morgan fingerprint density at radius 2 is 1.89 bits per heavy atom. The molecule has 1 amide bonds. The van der Waals surface area contributed by atoms with Crippen molar-refractivity contribution in [3.8, 4) is 17.1 Å². The van der Waals surface area contributed by atoms with Crippen molar-refractivity contribution in [3.63, 3.8) is 0 Å². The summed E-state index contributed by atoms with van der Waals surface area (Å²) in [4.78, 5) is 12.3. The van der Waals surface area contributed by atoms with Crippen molar-refractivity contribution in [3.05, 3.63) is 53.6 Å². The third kappa shape index (κ3) is 4.66. The lowest BCUT2D eigenvalue weighted by molar-refractivity contribution is -0.113. The van der Waals surface area contributed by atoms with Crippen molar-refractivity contribution in [1.82, 2.24) is 14.8 Å². The van der Waals surface area contributed by atoms with Crippen LogP contribution in [0.15, 0.2) is 53.7 Å². The summed E-state index contributed by atoms with van der Waals surface area (Å²) in [7, 11) is 0. The highest BCUT2D eigenvalue weighted by atomic mass is 35.5. The zero-order valence-corrected chi connectivity index (χ0v) is 17.3. The van der Waals surface area contributed by atoms with Crippen LogP contribution >= 0.6 is 23.4 Å². The monoisotopic (exact) mass is 416 g/mol. The quantitative estimate of drug-likeness (QED) is 0.537. The molecule has 2 aromatic carbocycles. The van der Waals surface area contributed by atoms with Crippen LogP contribution in [0.4, 0.5) is 5.69 Å². The molecule has 0 aliphatic carbocycles. The summed E-state index contributed by atoms with van der Waals surface area (Å²) >= 11 is 7.42. The predicted molar refractivity (Wildman–Crippen MR) is 113 cm³/mol. The van der Waals surface area contributed by atoms with E-state index >= 15 is 0 Å². The molecule has 0 radical (unpaired) electrons. The van der Waals surface area contributed by atoms with Crippen LogP contribution in [0.25, 0.3) is 11.4 Å². The van der Waals surface area contributed by atoms with Gasteiger partial charge in [0.25, 0.3) is 0 Å². The first kappa shape index (κ1) is 20.2. The van der Waals surface area contributed by atoms with Crippen LogP contribution in [-0.2, 0) is 11.3 Å². The summed E-state index contributed by atoms with van der Waals surface area (Å²) in [6.45, 7) is 5.21. The van der Waals surface area contributed by atoms with Crippen molar-refractivity contribution in [1.29, 1.82) is 0 Å². The molecular weight excluding hydrogens is 396 g/mol. The Morgan fingerprint density at radius 1 is 1.14 bits per heavy atom. The van der Waals surface area contributed by atoms with E-state index < -0.39 is 0 Å². The topological polar surface area (TPSA) is 69.0 Å². The van der Waals surface area contributed by atoms with Gasteiger partial charge in [0, 0.05) is 6.54 Å². The van der Waals surface area contributed by atoms with Crippen LogP contribution in [0, 0.1) is 0 Å². The lowest BCUT2D eigenvalue weighted by atomic mass is 10.2. The molecule has 0 saturated heterocycles. The molecule has 0 fully saturated rings. The van der Waals surface area contributed by atoms with Gasteiger partial charge in [0.15, 0.2) is 11.0 Å². The number of ether oxygens (including phenoxy) is 1. The Morgan fingerprint density at radius 3 is 2.64 bits per heavy atom. The van der Waals surface area contributed by atoms with Gasteiger partial charge in [0.2, 0.25) is 5.91 Å². The zero-order chi connectivity index (χ0) is 19.9. The molecule has 0 aliphatic rings. The summed E-state index contributed by atoms with van der Waals surface area (Å²) in [6, 6.07) is 14.9. The third-order valence-electron chi connectivity index (χ3n) is 3.94. The van der Waals surface area contributed by atoms with E-state index in [9.17, 15) is 4.79 Å². The highest BCUT2D eigenvalue weighted by Crippen LogP contribution is 2.31. The second-order valence-electron chi connectivity index (χ2n) is 5.80. The van der Waals surface area contributed by atoms with Gasteiger partial charge in [-0.25, -0.2) is 0 Å². The average Bonchev–Trinajstić information content (AvgIpc) is 3.11. The number of thioether (sulfide) groups is 1. The largest absolute Gasteiger partial charge is 0.493 e. The van der Waals surface area contributed by atoms with Crippen molar-refractivity contribution in [2.45, 2.75) is 25.5 Å². The number of anilines is 1. The van der Waals surface area contributed by atoms with E-state index in [1.54, 1.807) is 12.1 Å². The van der Waals surface area contributed by atoms with Crippen molar-refractivity contribution in [2.75, 3.05) is 17.7 Å². The standard InChI is InChI=1S/C20H21ClN4O2S/c1-3-25-19(14-9-5-8-12-17(14)27-4-2)23-24-20(25)28-13-18(26)22-16-11-7-6-10-15(16)21/h5-12H,3-4,13H2,1-2H3,(H,22,26). The Labute approximate surface area is 173 Å². The van der Waals surface area contributed by atoms with Crippen LogP contribution in [0.2, 0.25) is 5.02 Å². The first-order valence-corrected chi connectivity index (χ1v) is 10.3. The predicted octanol–water partition coefficient (Wildman–Crippen LogP) is 4.75. The molecule has 3 aromatic rings. The van der Waals surface area contributed by atoms with E-state index in [2.05, 4.69) is 15.5 Å². The zero-order valence-electron chi connectivity index (χ0n) is 15.7. The number of hydrogen-bond donors (Lipinski definition) is 1. The Kier molecular flexibility index (Phi) is 6.95. The summed E-state index contributed by atoms with van der Waals surface area (Å²) in [5.74, 6) is 1.54. The Hall–Kier alpha value is -2.51. The fourth-order valence-electron chi connectivity index (χ4n) is 2.69. The SMILES string of the molecule is CCOc1ccccc1-c1nnc(SCC(=O)Nc2ccccc2Cl)n1CC. The van der Waals surface area contributed by atoms with Crippen LogP contribution in [-0.4, -0.2) is 33.0 Å². The number of para-hydroxylation sites is 2. The van der Waals surface area contributed by atoms with Gasteiger partial charge >= 0.3 is 0 Å². The van der Waals surface area contributed by atoms with E-state index in [0.717, 1.165) is 17.1 Å². The van der Waals surface area contributed by atoms with Gasteiger partial charge in [-0.2, -0.15) is 0 Å². The molecule has 1 heterocycles. The number of carbonyl (C=O) groups excluding carboxylic acids is 1. The van der Waals surface area contributed by atoms with Crippen molar-refractivity contribution < 1.29 is 9.53 Å².